The molecule has 8 nitrogen and oxygen atoms in total. The monoisotopic (exact) mass is 467 g/mol. The summed E-state index contributed by atoms with van der Waals surface area (Å²) in [6, 6.07) is 12.4. The highest BCUT2D eigenvalue weighted by molar-refractivity contribution is 6.30. The van der Waals surface area contributed by atoms with E-state index in [4.69, 9.17) is 16.3 Å². The number of aromatic nitrogens is 2. The first-order valence-electron chi connectivity index (χ1n) is 9.08. The minimum Gasteiger partial charge on any atom is -0.495 e. The molecule has 0 unspecified atom stereocenters. The van der Waals surface area contributed by atoms with Crippen LogP contribution >= 0.6 is 11.6 Å². The first kappa shape index (κ1) is 22.9. The van der Waals surface area contributed by atoms with E-state index in [2.05, 4.69) is 15.8 Å². The minimum absolute atomic E-state index is 0.0221. The lowest BCUT2D eigenvalue weighted by Gasteiger charge is -2.14. The number of rotatable bonds is 6. The second-order valence-corrected chi connectivity index (χ2v) is 6.79. The number of ether oxygens (including phenoxy) is 1. The van der Waals surface area contributed by atoms with Gasteiger partial charge in [0.05, 0.1) is 36.8 Å². The Balaban J connectivity index is 1.70. The minimum atomic E-state index is -4.90. The van der Waals surface area contributed by atoms with Gasteiger partial charge in [0.15, 0.2) is 5.69 Å². The van der Waals surface area contributed by atoms with E-state index in [0.717, 1.165) is 6.20 Å². The van der Waals surface area contributed by atoms with E-state index in [-0.39, 0.29) is 17.3 Å². The zero-order valence-electron chi connectivity index (χ0n) is 16.5. The largest absolute Gasteiger partial charge is 0.495 e. The van der Waals surface area contributed by atoms with Crippen LogP contribution in [-0.2, 0) is 11.0 Å². The predicted molar refractivity (Wildman–Crippen MR) is 111 cm³/mol. The summed E-state index contributed by atoms with van der Waals surface area (Å²) in [5.41, 5.74) is 2.50. The summed E-state index contributed by atoms with van der Waals surface area (Å²) in [5, 5.41) is 6.67. The first-order valence-corrected chi connectivity index (χ1v) is 9.45. The van der Waals surface area contributed by atoms with Crippen molar-refractivity contribution in [2.75, 3.05) is 19.0 Å². The van der Waals surface area contributed by atoms with E-state index in [1.807, 2.05) is 5.43 Å². The number of anilines is 1. The third-order valence-electron chi connectivity index (χ3n) is 4.20. The van der Waals surface area contributed by atoms with Gasteiger partial charge in [0.25, 0.3) is 11.8 Å². The van der Waals surface area contributed by atoms with Crippen LogP contribution < -0.4 is 20.9 Å². The summed E-state index contributed by atoms with van der Waals surface area (Å²) < 4.78 is 46.8. The SMILES string of the molecule is COc1ccccc1NCC(=O)NNC(=O)c1cnn(-c2cccc(Cl)c2)c1C(F)(F)F. The molecule has 3 aromatic rings. The molecule has 32 heavy (non-hydrogen) atoms. The van der Waals surface area contributed by atoms with Gasteiger partial charge in [0, 0.05) is 5.02 Å². The van der Waals surface area contributed by atoms with Gasteiger partial charge >= 0.3 is 6.18 Å². The molecule has 3 rings (SSSR count). The Kier molecular flexibility index (Phi) is 6.89. The summed E-state index contributed by atoms with van der Waals surface area (Å²) >= 11 is 5.85. The molecule has 0 spiro atoms. The van der Waals surface area contributed by atoms with Crippen molar-refractivity contribution in [1.29, 1.82) is 0 Å². The highest BCUT2D eigenvalue weighted by Gasteiger charge is 2.40. The van der Waals surface area contributed by atoms with E-state index in [1.165, 1.54) is 31.4 Å². The number of amides is 2. The molecule has 0 fully saturated rings. The summed E-state index contributed by atoms with van der Waals surface area (Å²) in [7, 11) is 1.46. The number of carbonyl (C=O) groups excluding carboxylic acids is 2. The third-order valence-corrected chi connectivity index (χ3v) is 4.43. The summed E-state index contributed by atoms with van der Waals surface area (Å²) in [6.45, 7) is -0.269. The van der Waals surface area contributed by atoms with Crippen LogP contribution in [-0.4, -0.2) is 35.2 Å². The van der Waals surface area contributed by atoms with Crippen molar-refractivity contribution in [3.8, 4) is 11.4 Å². The number of methoxy groups -OCH3 is 1. The molecule has 0 saturated carbocycles. The van der Waals surface area contributed by atoms with E-state index in [9.17, 15) is 22.8 Å². The molecule has 2 amide bonds. The van der Waals surface area contributed by atoms with Crippen molar-refractivity contribution in [3.63, 3.8) is 0 Å². The van der Waals surface area contributed by atoms with Crippen LogP contribution in [0.3, 0.4) is 0 Å². The van der Waals surface area contributed by atoms with Gasteiger partial charge in [-0.3, -0.25) is 20.4 Å². The summed E-state index contributed by atoms with van der Waals surface area (Å²) in [5.74, 6) is -1.39. The van der Waals surface area contributed by atoms with Crippen LogP contribution in [0.4, 0.5) is 18.9 Å². The lowest BCUT2D eigenvalue weighted by atomic mass is 10.2. The molecule has 0 aliphatic rings. The number of para-hydroxylation sites is 2. The average Bonchev–Trinajstić information content (AvgIpc) is 3.22. The van der Waals surface area contributed by atoms with Crippen LogP contribution in [0, 0.1) is 0 Å². The standard InChI is InChI=1S/C20H17ClF3N5O3/c1-32-16-8-3-2-7-15(16)25-11-17(30)27-28-19(31)14-10-26-29(18(14)20(22,23)24)13-6-4-5-12(21)9-13/h2-10,25H,11H2,1H3,(H,27,30)(H,28,31). The normalized spacial score (nSPS) is 11.0. The number of hydrogen-bond acceptors (Lipinski definition) is 5. The van der Waals surface area contributed by atoms with Crippen LogP contribution in [0.5, 0.6) is 5.75 Å². The average molecular weight is 468 g/mol. The van der Waals surface area contributed by atoms with Gasteiger partial charge in [0.1, 0.15) is 5.75 Å². The lowest BCUT2D eigenvalue weighted by Crippen LogP contribution is -2.44. The molecule has 0 aliphatic heterocycles. The van der Waals surface area contributed by atoms with E-state index >= 15 is 0 Å². The molecular formula is C20H17ClF3N5O3. The Hall–Kier alpha value is -3.73. The summed E-state index contributed by atoms with van der Waals surface area (Å²) in [4.78, 5) is 24.4. The molecule has 0 bridgehead atoms. The fourth-order valence-electron chi connectivity index (χ4n) is 2.80. The highest BCUT2D eigenvalue weighted by Crippen LogP contribution is 2.34. The van der Waals surface area contributed by atoms with Crippen LogP contribution in [0.15, 0.2) is 54.7 Å². The molecule has 168 valence electrons. The van der Waals surface area contributed by atoms with Crippen molar-refractivity contribution >= 4 is 29.1 Å². The van der Waals surface area contributed by atoms with Crippen molar-refractivity contribution < 1.29 is 27.5 Å². The zero-order valence-corrected chi connectivity index (χ0v) is 17.3. The van der Waals surface area contributed by atoms with Crippen molar-refractivity contribution in [1.82, 2.24) is 20.6 Å². The Morgan fingerprint density at radius 1 is 1.12 bits per heavy atom. The van der Waals surface area contributed by atoms with Gasteiger partial charge < -0.3 is 10.1 Å². The molecule has 1 heterocycles. The molecule has 3 N–H and O–H groups in total. The van der Waals surface area contributed by atoms with Gasteiger partial charge in [-0.25, -0.2) is 4.68 Å². The van der Waals surface area contributed by atoms with Gasteiger partial charge in [-0.15, -0.1) is 0 Å². The third kappa shape index (κ3) is 5.30. The summed E-state index contributed by atoms with van der Waals surface area (Å²) in [6.07, 6.45) is -4.14. The lowest BCUT2D eigenvalue weighted by molar-refractivity contribution is -0.143. The smallest absolute Gasteiger partial charge is 0.434 e. The second kappa shape index (κ2) is 9.60. The highest BCUT2D eigenvalue weighted by atomic mass is 35.5. The van der Waals surface area contributed by atoms with Crippen molar-refractivity contribution in [2.45, 2.75) is 6.18 Å². The van der Waals surface area contributed by atoms with Crippen molar-refractivity contribution in [3.05, 3.63) is 71.0 Å². The maximum atomic E-state index is 13.7. The quantitative estimate of drug-likeness (QED) is 0.483. The Bertz CT molecular complexity index is 1130. The number of nitrogens with zero attached hydrogens (tertiary/aromatic N) is 2. The van der Waals surface area contributed by atoms with Gasteiger partial charge in [-0.2, -0.15) is 18.3 Å². The number of benzene rings is 2. The zero-order chi connectivity index (χ0) is 23.3. The molecular weight excluding hydrogens is 451 g/mol. The number of alkyl halides is 3. The van der Waals surface area contributed by atoms with Crippen LogP contribution in [0.25, 0.3) is 5.69 Å². The van der Waals surface area contributed by atoms with Crippen LogP contribution in [0.1, 0.15) is 16.1 Å². The van der Waals surface area contributed by atoms with Gasteiger partial charge in [-0.1, -0.05) is 29.8 Å². The Morgan fingerprint density at radius 3 is 2.56 bits per heavy atom. The molecule has 0 radical (unpaired) electrons. The molecule has 0 aliphatic carbocycles. The van der Waals surface area contributed by atoms with E-state index in [1.54, 1.807) is 24.3 Å². The number of hydrazine groups is 1. The number of hydrogen-bond donors (Lipinski definition) is 3. The molecule has 0 atom stereocenters. The maximum Gasteiger partial charge on any atom is 0.434 e. The van der Waals surface area contributed by atoms with Gasteiger partial charge in [-0.05, 0) is 30.3 Å². The fourth-order valence-corrected chi connectivity index (χ4v) is 2.98. The maximum absolute atomic E-state index is 13.7. The Morgan fingerprint density at radius 2 is 1.88 bits per heavy atom. The van der Waals surface area contributed by atoms with E-state index in [0.29, 0.717) is 16.1 Å². The number of carbonyl (C=O) groups is 2. The molecule has 2 aromatic carbocycles. The second-order valence-electron chi connectivity index (χ2n) is 6.35. The van der Waals surface area contributed by atoms with Crippen molar-refractivity contribution in [2.24, 2.45) is 0 Å². The predicted octanol–water partition coefficient (Wildman–Crippen LogP) is 3.43. The molecule has 1 aromatic heterocycles. The molecule has 0 saturated heterocycles. The van der Waals surface area contributed by atoms with Crippen LogP contribution in [0.2, 0.25) is 5.02 Å². The fraction of sp³-hybridized carbons (Fsp3) is 0.150. The Labute approximate surface area is 185 Å². The first-order chi connectivity index (χ1) is 15.2. The number of halogens is 4. The topological polar surface area (TPSA) is 97.3 Å². The molecule has 12 heteroatoms. The number of nitrogens with one attached hydrogen (secondary N) is 3. The van der Waals surface area contributed by atoms with E-state index < -0.39 is 29.2 Å². The van der Waals surface area contributed by atoms with Gasteiger partial charge in [0.2, 0.25) is 0 Å².